The predicted molar refractivity (Wildman–Crippen MR) is 117 cm³/mol. The number of benzene rings is 3. The molecule has 0 aliphatic carbocycles. The minimum absolute atomic E-state index is 0.182. The summed E-state index contributed by atoms with van der Waals surface area (Å²) < 4.78 is 10.9. The number of aromatic amines is 1. The topological polar surface area (TPSA) is 89.1 Å². The molecule has 0 aliphatic heterocycles. The van der Waals surface area contributed by atoms with Crippen LogP contribution in [0.25, 0.3) is 11.4 Å². The number of aromatic nitrogens is 3. The third kappa shape index (κ3) is 5.27. The third-order valence-electron chi connectivity index (χ3n) is 4.66. The fraction of sp³-hybridized carbons (Fsp3) is 0.125. The summed E-state index contributed by atoms with van der Waals surface area (Å²) in [6.45, 7) is 0.693. The van der Waals surface area contributed by atoms with Crippen molar-refractivity contribution in [3.8, 4) is 22.9 Å². The predicted octanol–water partition coefficient (Wildman–Crippen LogP) is 3.99. The van der Waals surface area contributed by atoms with Crippen molar-refractivity contribution in [1.82, 2.24) is 20.5 Å². The fourth-order valence-electron chi connectivity index (χ4n) is 2.95. The van der Waals surface area contributed by atoms with Gasteiger partial charge in [0.05, 0.1) is 13.7 Å². The molecule has 0 radical (unpaired) electrons. The number of carbonyl (C=O) groups is 1. The number of nitrogens with one attached hydrogen (secondary N) is 2. The standard InChI is InChI=1S/C24H22N4O3/c1-30-20-13-11-18(12-14-20)23-26-22(27-28-23)15-25-24(29)19-9-7-17(8-10-19)16-31-21-5-3-2-4-6-21/h2-14H,15-16H2,1H3,(H,25,29)(H,26,27,28). The van der Waals surface area contributed by atoms with Crippen LogP contribution in [0.4, 0.5) is 0 Å². The molecule has 7 nitrogen and oxygen atoms in total. The van der Waals surface area contributed by atoms with Crippen LogP contribution < -0.4 is 14.8 Å². The Bertz CT molecular complexity index is 1120. The van der Waals surface area contributed by atoms with Gasteiger partial charge in [-0.15, -0.1) is 0 Å². The van der Waals surface area contributed by atoms with Gasteiger partial charge in [-0.3, -0.25) is 9.89 Å². The van der Waals surface area contributed by atoms with E-state index in [-0.39, 0.29) is 12.5 Å². The van der Waals surface area contributed by atoms with Crippen LogP contribution in [0.3, 0.4) is 0 Å². The van der Waals surface area contributed by atoms with E-state index >= 15 is 0 Å². The summed E-state index contributed by atoms with van der Waals surface area (Å²) in [5, 5.41) is 9.92. The molecular formula is C24H22N4O3. The Labute approximate surface area is 180 Å². The molecule has 0 bridgehead atoms. The Morgan fingerprint density at radius 3 is 2.39 bits per heavy atom. The Morgan fingerprint density at radius 2 is 1.68 bits per heavy atom. The average Bonchev–Trinajstić information content (AvgIpc) is 3.31. The van der Waals surface area contributed by atoms with Gasteiger partial charge < -0.3 is 14.8 Å². The van der Waals surface area contributed by atoms with Crippen LogP contribution in [0, 0.1) is 0 Å². The second-order valence-corrected chi connectivity index (χ2v) is 6.82. The van der Waals surface area contributed by atoms with Crippen molar-refractivity contribution in [2.45, 2.75) is 13.2 Å². The van der Waals surface area contributed by atoms with Gasteiger partial charge in [0.2, 0.25) is 0 Å². The molecule has 7 heteroatoms. The van der Waals surface area contributed by atoms with Gasteiger partial charge in [-0.25, -0.2) is 4.98 Å². The molecule has 1 amide bonds. The summed E-state index contributed by atoms with van der Waals surface area (Å²) in [5.74, 6) is 2.54. The van der Waals surface area contributed by atoms with Crippen molar-refractivity contribution in [3.05, 3.63) is 95.8 Å². The molecule has 1 heterocycles. The first-order chi connectivity index (χ1) is 15.2. The maximum Gasteiger partial charge on any atom is 0.251 e. The molecule has 4 aromatic rings. The zero-order chi connectivity index (χ0) is 21.5. The van der Waals surface area contributed by atoms with Crippen molar-refractivity contribution in [1.29, 1.82) is 0 Å². The SMILES string of the molecule is COc1ccc(-c2n[nH]c(CNC(=O)c3ccc(COc4ccccc4)cc3)n2)cc1. The van der Waals surface area contributed by atoms with Crippen molar-refractivity contribution in [2.24, 2.45) is 0 Å². The normalized spacial score (nSPS) is 10.5. The quantitative estimate of drug-likeness (QED) is 0.455. The first-order valence-corrected chi connectivity index (χ1v) is 9.82. The molecule has 1 aromatic heterocycles. The highest BCUT2D eigenvalue weighted by Gasteiger charge is 2.09. The first-order valence-electron chi connectivity index (χ1n) is 9.82. The maximum absolute atomic E-state index is 12.4. The molecule has 0 atom stereocenters. The van der Waals surface area contributed by atoms with Crippen molar-refractivity contribution >= 4 is 5.91 Å². The van der Waals surface area contributed by atoms with Crippen LogP contribution in [-0.4, -0.2) is 28.2 Å². The lowest BCUT2D eigenvalue weighted by Gasteiger charge is -2.07. The number of rotatable bonds is 8. The molecule has 3 aromatic carbocycles. The molecule has 0 aliphatic rings. The van der Waals surface area contributed by atoms with E-state index in [4.69, 9.17) is 9.47 Å². The Kier molecular flexibility index (Phi) is 6.23. The maximum atomic E-state index is 12.4. The molecule has 0 fully saturated rings. The largest absolute Gasteiger partial charge is 0.497 e. The van der Waals surface area contributed by atoms with E-state index in [1.807, 2.05) is 66.7 Å². The van der Waals surface area contributed by atoms with E-state index in [1.54, 1.807) is 19.2 Å². The summed E-state index contributed by atoms with van der Waals surface area (Å²) in [6, 6.07) is 24.4. The summed E-state index contributed by atoms with van der Waals surface area (Å²) in [7, 11) is 1.62. The molecule has 156 valence electrons. The van der Waals surface area contributed by atoms with Crippen LogP contribution >= 0.6 is 0 Å². The zero-order valence-corrected chi connectivity index (χ0v) is 17.0. The lowest BCUT2D eigenvalue weighted by molar-refractivity contribution is 0.0950. The number of ether oxygens (including phenoxy) is 2. The lowest BCUT2D eigenvalue weighted by atomic mass is 10.1. The second kappa shape index (κ2) is 9.58. The van der Waals surface area contributed by atoms with Crippen LogP contribution in [-0.2, 0) is 13.2 Å². The number of para-hydroxylation sites is 1. The fourth-order valence-corrected chi connectivity index (χ4v) is 2.95. The lowest BCUT2D eigenvalue weighted by Crippen LogP contribution is -2.23. The summed E-state index contributed by atoms with van der Waals surface area (Å²) in [6.07, 6.45) is 0. The summed E-state index contributed by atoms with van der Waals surface area (Å²) >= 11 is 0. The van der Waals surface area contributed by atoms with Gasteiger partial charge in [0.1, 0.15) is 23.9 Å². The molecule has 0 unspecified atom stereocenters. The van der Waals surface area contributed by atoms with Crippen LogP contribution in [0.15, 0.2) is 78.9 Å². The van der Waals surface area contributed by atoms with Gasteiger partial charge in [-0.1, -0.05) is 30.3 Å². The molecule has 31 heavy (non-hydrogen) atoms. The Balaban J connectivity index is 1.30. The highest BCUT2D eigenvalue weighted by atomic mass is 16.5. The van der Waals surface area contributed by atoms with Crippen LogP contribution in [0.2, 0.25) is 0 Å². The van der Waals surface area contributed by atoms with Crippen molar-refractivity contribution in [2.75, 3.05) is 7.11 Å². The highest BCUT2D eigenvalue weighted by Crippen LogP contribution is 2.19. The van der Waals surface area contributed by atoms with Gasteiger partial charge in [0.15, 0.2) is 5.82 Å². The van der Waals surface area contributed by atoms with Gasteiger partial charge in [0, 0.05) is 11.1 Å². The van der Waals surface area contributed by atoms with Gasteiger partial charge >= 0.3 is 0 Å². The van der Waals surface area contributed by atoms with Crippen LogP contribution in [0.1, 0.15) is 21.7 Å². The number of hydrogen-bond acceptors (Lipinski definition) is 5. The number of methoxy groups -OCH3 is 1. The molecule has 0 saturated carbocycles. The van der Waals surface area contributed by atoms with Gasteiger partial charge in [0.25, 0.3) is 5.91 Å². The molecule has 0 spiro atoms. The van der Waals surface area contributed by atoms with E-state index < -0.39 is 0 Å². The van der Waals surface area contributed by atoms with E-state index in [9.17, 15) is 4.79 Å². The Hall–Kier alpha value is -4.13. The highest BCUT2D eigenvalue weighted by molar-refractivity contribution is 5.94. The number of amides is 1. The summed E-state index contributed by atoms with van der Waals surface area (Å²) in [4.78, 5) is 16.9. The van der Waals surface area contributed by atoms with Gasteiger partial charge in [-0.2, -0.15) is 5.10 Å². The summed E-state index contributed by atoms with van der Waals surface area (Å²) in [5.41, 5.74) is 2.42. The second-order valence-electron chi connectivity index (χ2n) is 6.82. The minimum atomic E-state index is -0.182. The number of hydrogen-bond donors (Lipinski definition) is 2. The number of H-pyrrole nitrogens is 1. The van der Waals surface area contributed by atoms with Crippen LogP contribution in [0.5, 0.6) is 11.5 Å². The number of carbonyl (C=O) groups excluding carboxylic acids is 1. The molecule has 4 rings (SSSR count). The van der Waals surface area contributed by atoms with Gasteiger partial charge in [-0.05, 0) is 54.1 Å². The minimum Gasteiger partial charge on any atom is -0.497 e. The first kappa shape index (κ1) is 20.2. The van der Waals surface area contributed by atoms with Crippen molar-refractivity contribution in [3.63, 3.8) is 0 Å². The number of nitrogens with zero attached hydrogens (tertiary/aromatic N) is 2. The molecule has 2 N–H and O–H groups in total. The smallest absolute Gasteiger partial charge is 0.251 e. The van der Waals surface area contributed by atoms with Crippen molar-refractivity contribution < 1.29 is 14.3 Å². The molecular weight excluding hydrogens is 392 g/mol. The zero-order valence-electron chi connectivity index (χ0n) is 17.0. The van der Waals surface area contributed by atoms with E-state index in [2.05, 4.69) is 20.5 Å². The average molecular weight is 414 g/mol. The van der Waals surface area contributed by atoms with E-state index in [1.165, 1.54) is 0 Å². The third-order valence-corrected chi connectivity index (χ3v) is 4.66. The van der Waals surface area contributed by atoms with E-state index in [0.29, 0.717) is 23.8 Å². The molecule has 0 saturated heterocycles. The Morgan fingerprint density at radius 1 is 0.935 bits per heavy atom. The monoisotopic (exact) mass is 414 g/mol. The van der Waals surface area contributed by atoms with E-state index in [0.717, 1.165) is 22.6 Å².